The number of carbonyl (C=O) groups excluding carboxylic acids is 2. The van der Waals surface area contributed by atoms with Crippen LogP contribution in [-0.4, -0.2) is 79.4 Å². The SMILES string of the molecule is CC(C)CC(=O)N1CCC[C@@](COc2ccccc2)(CC(=O)N2CCN(C)CC2)C1. The lowest BCUT2D eigenvalue weighted by Gasteiger charge is -2.44. The van der Waals surface area contributed by atoms with E-state index in [9.17, 15) is 9.59 Å². The van der Waals surface area contributed by atoms with E-state index in [-0.39, 0.29) is 17.2 Å². The fraction of sp³-hybridized carbons (Fsp3) is 0.667. The lowest BCUT2D eigenvalue weighted by Crippen LogP contribution is -2.53. The Morgan fingerprint density at radius 3 is 2.37 bits per heavy atom. The van der Waals surface area contributed by atoms with E-state index < -0.39 is 0 Å². The van der Waals surface area contributed by atoms with Gasteiger partial charge in [0, 0.05) is 57.5 Å². The second-order valence-corrected chi connectivity index (χ2v) is 9.48. The molecule has 2 aliphatic rings. The lowest BCUT2D eigenvalue weighted by atomic mass is 9.77. The topological polar surface area (TPSA) is 53.1 Å². The van der Waals surface area contributed by atoms with E-state index in [2.05, 4.69) is 25.8 Å². The zero-order valence-electron chi connectivity index (χ0n) is 18.8. The lowest BCUT2D eigenvalue weighted by molar-refractivity contribution is -0.142. The standard InChI is InChI=1S/C24H37N3O3/c1-20(2)16-22(28)27-11-7-10-24(18-27,19-30-21-8-5-4-6-9-21)17-23(29)26-14-12-25(3)13-15-26/h4-6,8-9,20H,7,10-19H2,1-3H3/t24-/m1/s1. The highest BCUT2D eigenvalue weighted by Gasteiger charge is 2.41. The van der Waals surface area contributed by atoms with Crippen LogP contribution in [0.1, 0.15) is 39.5 Å². The third-order valence-electron chi connectivity index (χ3n) is 6.27. The van der Waals surface area contributed by atoms with E-state index in [0.29, 0.717) is 31.9 Å². The minimum absolute atomic E-state index is 0.193. The van der Waals surface area contributed by atoms with Gasteiger partial charge in [-0.1, -0.05) is 32.0 Å². The van der Waals surface area contributed by atoms with Gasteiger partial charge in [0.15, 0.2) is 0 Å². The summed E-state index contributed by atoms with van der Waals surface area (Å²) in [4.78, 5) is 32.2. The molecule has 6 nitrogen and oxygen atoms in total. The quantitative estimate of drug-likeness (QED) is 0.687. The first kappa shape index (κ1) is 22.6. The van der Waals surface area contributed by atoms with Gasteiger partial charge in [-0.15, -0.1) is 0 Å². The van der Waals surface area contributed by atoms with Crippen LogP contribution in [0.4, 0.5) is 0 Å². The molecule has 2 heterocycles. The van der Waals surface area contributed by atoms with Crippen molar-refractivity contribution in [3.8, 4) is 5.75 Å². The van der Waals surface area contributed by atoms with Crippen molar-refractivity contribution in [3.05, 3.63) is 30.3 Å². The molecule has 30 heavy (non-hydrogen) atoms. The number of ether oxygens (including phenoxy) is 1. The number of rotatable bonds is 7. The highest BCUT2D eigenvalue weighted by atomic mass is 16.5. The molecule has 2 saturated heterocycles. The summed E-state index contributed by atoms with van der Waals surface area (Å²) in [5.74, 6) is 1.54. The molecular weight excluding hydrogens is 378 g/mol. The molecule has 2 fully saturated rings. The van der Waals surface area contributed by atoms with Crippen molar-refractivity contribution in [2.75, 3.05) is 52.9 Å². The molecular formula is C24H37N3O3. The van der Waals surface area contributed by atoms with Crippen LogP contribution < -0.4 is 4.74 Å². The van der Waals surface area contributed by atoms with Crippen LogP contribution in [0.2, 0.25) is 0 Å². The summed E-state index contributed by atoms with van der Waals surface area (Å²) in [6, 6.07) is 9.76. The summed E-state index contributed by atoms with van der Waals surface area (Å²) < 4.78 is 6.15. The van der Waals surface area contributed by atoms with Gasteiger partial charge in [-0.05, 0) is 37.9 Å². The Morgan fingerprint density at radius 2 is 1.70 bits per heavy atom. The monoisotopic (exact) mass is 415 g/mol. The van der Waals surface area contributed by atoms with Crippen molar-refractivity contribution in [2.24, 2.45) is 11.3 Å². The largest absolute Gasteiger partial charge is 0.493 e. The molecule has 3 rings (SSSR count). The third-order valence-corrected chi connectivity index (χ3v) is 6.27. The number of benzene rings is 1. The molecule has 2 amide bonds. The Kier molecular flexibility index (Phi) is 7.75. The van der Waals surface area contributed by atoms with Crippen LogP contribution in [0, 0.1) is 11.3 Å². The number of carbonyl (C=O) groups is 2. The van der Waals surface area contributed by atoms with Crippen LogP contribution in [0.15, 0.2) is 30.3 Å². The minimum atomic E-state index is -0.332. The molecule has 0 saturated carbocycles. The van der Waals surface area contributed by atoms with Gasteiger partial charge in [-0.3, -0.25) is 9.59 Å². The fourth-order valence-corrected chi connectivity index (χ4v) is 4.45. The molecule has 2 aliphatic heterocycles. The second kappa shape index (κ2) is 10.3. The maximum Gasteiger partial charge on any atom is 0.223 e. The average molecular weight is 416 g/mol. The first-order chi connectivity index (χ1) is 14.4. The Morgan fingerprint density at radius 1 is 1.00 bits per heavy atom. The molecule has 0 spiro atoms. The molecule has 0 radical (unpaired) electrons. The van der Waals surface area contributed by atoms with E-state index in [1.165, 1.54) is 0 Å². The summed E-state index contributed by atoms with van der Waals surface area (Å²) in [6.07, 6.45) is 2.82. The number of hydrogen-bond donors (Lipinski definition) is 0. The van der Waals surface area contributed by atoms with Crippen LogP contribution in [0.25, 0.3) is 0 Å². The van der Waals surface area contributed by atoms with Crippen LogP contribution in [-0.2, 0) is 9.59 Å². The molecule has 0 aliphatic carbocycles. The number of likely N-dealkylation sites (tertiary alicyclic amines) is 1. The number of nitrogens with zero attached hydrogens (tertiary/aromatic N) is 3. The van der Waals surface area contributed by atoms with E-state index in [1.54, 1.807) is 0 Å². The van der Waals surface area contributed by atoms with Crippen molar-refractivity contribution < 1.29 is 14.3 Å². The summed E-state index contributed by atoms with van der Waals surface area (Å²) in [6.45, 7) is 9.38. The van der Waals surface area contributed by atoms with E-state index >= 15 is 0 Å². The maximum atomic E-state index is 13.2. The van der Waals surface area contributed by atoms with Crippen molar-refractivity contribution >= 4 is 11.8 Å². The van der Waals surface area contributed by atoms with Gasteiger partial charge in [0.05, 0.1) is 6.61 Å². The highest BCUT2D eigenvalue weighted by Crippen LogP contribution is 2.36. The predicted molar refractivity (Wildman–Crippen MR) is 118 cm³/mol. The number of piperidine rings is 1. The number of hydrogen-bond acceptors (Lipinski definition) is 4. The molecule has 1 aromatic carbocycles. The van der Waals surface area contributed by atoms with Gasteiger partial charge in [0.25, 0.3) is 0 Å². The molecule has 0 aromatic heterocycles. The van der Waals surface area contributed by atoms with E-state index in [1.807, 2.05) is 40.1 Å². The fourth-order valence-electron chi connectivity index (χ4n) is 4.45. The molecule has 6 heteroatoms. The van der Waals surface area contributed by atoms with Crippen LogP contribution in [0.3, 0.4) is 0 Å². The summed E-state index contributed by atoms with van der Waals surface area (Å²) in [5.41, 5.74) is -0.332. The molecule has 1 aromatic rings. The van der Waals surface area contributed by atoms with Crippen LogP contribution in [0.5, 0.6) is 5.75 Å². The van der Waals surface area contributed by atoms with Crippen molar-refractivity contribution in [2.45, 2.75) is 39.5 Å². The van der Waals surface area contributed by atoms with E-state index in [4.69, 9.17) is 4.74 Å². The first-order valence-electron chi connectivity index (χ1n) is 11.3. The molecule has 0 N–H and O–H groups in total. The maximum absolute atomic E-state index is 13.2. The Balaban J connectivity index is 1.72. The predicted octanol–water partition coefficient (Wildman–Crippen LogP) is 2.88. The van der Waals surface area contributed by atoms with Gasteiger partial charge in [-0.2, -0.15) is 0 Å². The summed E-state index contributed by atoms with van der Waals surface area (Å²) >= 11 is 0. The van der Waals surface area contributed by atoms with Gasteiger partial charge >= 0.3 is 0 Å². The third kappa shape index (κ3) is 6.21. The summed E-state index contributed by atoms with van der Waals surface area (Å²) in [5, 5.41) is 0. The minimum Gasteiger partial charge on any atom is -0.493 e. The molecule has 0 unspecified atom stereocenters. The Hall–Kier alpha value is -2.08. The van der Waals surface area contributed by atoms with E-state index in [0.717, 1.165) is 51.3 Å². The van der Waals surface area contributed by atoms with Gasteiger partial charge in [0.1, 0.15) is 5.75 Å². The highest BCUT2D eigenvalue weighted by molar-refractivity contribution is 5.78. The van der Waals surface area contributed by atoms with Crippen molar-refractivity contribution in [3.63, 3.8) is 0 Å². The molecule has 1 atom stereocenters. The number of para-hydroxylation sites is 1. The number of piperazine rings is 1. The Bertz CT molecular complexity index is 701. The smallest absolute Gasteiger partial charge is 0.223 e. The zero-order valence-corrected chi connectivity index (χ0v) is 18.8. The van der Waals surface area contributed by atoms with Gasteiger partial charge in [0.2, 0.25) is 11.8 Å². The summed E-state index contributed by atoms with van der Waals surface area (Å²) in [7, 11) is 2.09. The van der Waals surface area contributed by atoms with Gasteiger partial charge in [-0.25, -0.2) is 0 Å². The normalized spacial score (nSPS) is 22.9. The van der Waals surface area contributed by atoms with Crippen LogP contribution >= 0.6 is 0 Å². The zero-order chi connectivity index (χ0) is 21.6. The molecule has 166 valence electrons. The van der Waals surface area contributed by atoms with Crippen molar-refractivity contribution in [1.29, 1.82) is 0 Å². The molecule has 0 bridgehead atoms. The van der Waals surface area contributed by atoms with Crippen molar-refractivity contribution in [1.82, 2.24) is 14.7 Å². The number of amides is 2. The Labute approximate surface area is 181 Å². The average Bonchev–Trinajstić information content (AvgIpc) is 2.73. The number of likely N-dealkylation sites (N-methyl/N-ethyl adjacent to an activating group) is 1. The second-order valence-electron chi connectivity index (χ2n) is 9.48. The van der Waals surface area contributed by atoms with Gasteiger partial charge < -0.3 is 19.4 Å². The first-order valence-corrected chi connectivity index (χ1v) is 11.3.